The molecule has 0 atom stereocenters. The summed E-state index contributed by atoms with van der Waals surface area (Å²) in [5.41, 5.74) is 0.646. The van der Waals surface area contributed by atoms with Crippen molar-refractivity contribution in [3.8, 4) is 5.75 Å². The Morgan fingerprint density at radius 1 is 1.41 bits per heavy atom. The molecule has 2 N–H and O–H groups in total. The topological polar surface area (TPSA) is 53.6 Å². The predicted molar refractivity (Wildman–Crippen MR) is 86.2 cm³/mol. The first-order valence-corrected chi connectivity index (χ1v) is 7.21. The van der Waals surface area contributed by atoms with E-state index < -0.39 is 5.82 Å². The highest BCUT2D eigenvalue weighted by Gasteiger charge is 2.10. The number of ether oxygens (including phenoxy) is 1. The van der Waals surface area contributed by atoms with E-state index in [0.717, 1.165) is 32.7 Å². The summed E-state index contributed by atoms with van der Waals surface area (Å²) in [4.78, 5) is 14.1. The second-order valence-electron chi connectivity index (χ2n) is 5.09. The van der Waals surface area contributed by atoms with Crippen LogP contribution in [0.5, 0.6) is 5.75 Å². The maximum atomic E-state index is 13.5. The van der Waals surface area contributed by atoms with Crippen LogP contribution in [0.3, 0.4) is 0 Å². The summed E-state index contributed by atoms with van der Waals surface area (Å²) in [7, 11) is 1.42. The van der Waals surface area contributed by atoms with Crippen molar-refractivity contribution in [2.75, 3.05) is 46.4 Å². The van der Waals surface area contributed by atoms with E-state index in [9.17, 15) is 9.18 Å². The molecule has 124 valence electrons. The van der Waals surface area contributed by atoms with Gasteiger partial charge in [-0.05, 0) is 17.7 Å². The molecule has 0 unspecified atom stereocenters. The summed E-state index contributed by atoms with van der Waals surface area (Å²) < 4.78 is 18.4. The van der Waals surface area contributed by atoms with Crippen molar-refractivity contribution in [3.05, 3.63) is 29.6 Å². The van der Waals surface area contributed by atoms with Gasteiger partial charge >= 0.3 is 0 Å². The summed E-state index contributed by atoms with van der Waals surface area (Å²) >= 11 is 0. The molecule has 1 aromatic rings. The standard InChI is InChI=1S/C15H22FN3O2.ClH/c1-21-14-3-2-12(10-13(14)16)11-15(20)18-6-9-19-7-4-17-5-8-19;/h2-3,10,17H,4-9,11H2,1H3,(H,18,20);1H. The van der Waals surface area contributed by atoms with E-state index in [1.807, 2.05) is 0 Å². The first kappa shape index (κ1) is 18.7. The number of piperazine rings is 1. The van der Waals surface area contributed by atoms with Crippen LogP contribution in [0.15, 0.2) is 18.2 Å². The molecule has 7 heteroatoms. The molecule has 5 nitrogen and oxygen atoms in total. The van der Waals surface area contributed by atoms with Crippen molar-refractivity contribution in [3.63, 3.8) is 0 Å². The number of nitrogens with zero attached hydrogens (tertiary/aromatic N) is 1. The highest BCUT2D eigenvalue weighted by Crippen LogP contribution is 2.17. The molecule has 0 aromatic heterocycles. The average Bonchev–Trinajstić information content (AvgIpc) is 2.48. The van der Waals surface area contributed by atoms with Gasteiger partial charge in [0.05, 0.1) is 13.5 Å². The lowest BCUT2D eigenvalue weighted by Gasteiger charge is -2.27. The van der Waals surface area contributed by atoms with E-state index in [1.54, 1.807) is 12.1 Å². The predicted octanol–water partition coefficient (Wildman–Crippen LogP) is 0.820. The number of hydrogen-bond acceptors (Lipinski definition) is 4. The van der Waals surface area contributed by atoms with Gasteiger partial charge in [-0.2, -0.15) is 0 Å². The summed E-state index contributed by atoms with van der Waals surface area (Å²) in [6.45, 7) is 5.50. The van der Waals surface area contributed by atoms with Crippen LogP contribution >= 0.6 is 12.4 Å². The van der Waals surface area contributed by atoms with Crippen molar-refractivity contribution in [1.82, 2.24) is 15.5 Å². The minimum absolute atomic E-state index is 0. The Morgan fingerprint density at radius 2 is 2.14 bits per heavy atom. The Hall–Kier alpha value is -1.37. The number of rotatable bonds is 6. The van der Waals surface area contributed by atoms with E-state index >= 15 is 0 Å². The van der Waals surface area contributed by atoms with Gasteiger partial charge in [0.15, 0.2) is 11.6 Å². The minimum Gasteiger partial charge on any atom is -0.494 e. The normalized spacial score (nSPS) is 15.0. The minimum atomic E-state index is -0.441. The van der Waals surface area contributed by atoms with Gasteiger partial charge in [0.25, 0.3) is 0 Å². The average molecular weight is 332 g/mol. The number of carbonyl (C=O) groups excluding carboxylic acids is 1. The monoisotopic (exact) mass is 331 g/mol. The molecule has 1 aromatic carbocycles. The number of benzene rings is 1. The number of nitrogens with one attached hydrogen (secondary N) is 2. The van der Waals surface area contributed by atoms with Gasteiger partial charge in [-0.1, -0.05) is 6.07 Å². The Kier molecular flexibility index (Phi) is 8.16. The van der Waals surface area contributed by atoms with Gasteiger partial charge in [-0.3, -0.25) is 9.69 Å². The fourth-order valence-electron chi connectivity index (χ4n) is 2.36. The molecule has 0 bridgehead atoms. The van der Waals surface area contributed by atoms with Gasteiger partial charge < -0.3 is 15.4 Å². The SMILES string of the molecule is COc1ccc(CC(=O)NCCN2CCNCC2)cc1F.Cl. The third kappa shape index (κ3) is 5.79. The fourth-order valence-corrected chi connectivity index (χ4v) is 2.36. The molecule has 2 rings (SSSR count). The molecular formula is C15H23ClFN3O2. The van der Waals surface area contributed by atoms with Gasteiger partial charge in [0.2, 0.25) is 5.91 Å². The van der Waals surface area contributed by atoms with Crippen LogP contribution in [-0.2, 0) is 11.2 Å². The number of halogens is 2. The fraction of sp³-hybridized carbons (Fsp3) is 0.533. The molecular weight excluding hydrogens is 309 g/mol. The van der Waals surface area contributed by atoms with E-state index in [1.165, 1.54) is 13.2 Å². The Morgan fingerprint density at radius 3 is 2.77 bits per heavy atom. The maximum Gasteiger partial charge on any atom is 0.224 e. The Bertz CT molecular complexity index is 482. The van der Waals surface area contributed by atoms with Crippen LogP contribution in [0.4, 0.5) is 4.39 Å². The molecule has 1 saturated heterocycles. The molecule has 1 amide bonds. The molecule has 0 saturated carbocycles. The lowest BCUT2D eigenvalue weighted by Crippen LogP contribution is -2.46. The van der Waals surface area contributed by atoms with Crippen LogP contribution in [0.2, 0.25) is 0 Å². The van der Waals surface area contributed by atoms with E-state index in [4.69, 9.17) is 4.74 Å². The largest absolute Gasteiger partial charge is 0.494 e. The van der Waals surface area contributed by atoms with Crippen molar-refractivity contribution >= 4 is 18.3 Å². The highest BCUT2D eigenvalue weighted by atomic mass is 35.5. The van der Waals surface area contributed by atoms with Gasteiger partial charge in [-0.15, -0.1) is 12.4 Å². The number of amides is 1. The van der Waals surface area contributed by atoms with E-state index in [2.05, 4.69) is 15.5 Å². The summed E-state index contributed by atoms with van der Waals surface area (Å²) in [5, 5.41) is 6.16. The first-order chi connectivity index (χ1) is 10.2. The number of hydrogen-bond donors (Lipinski definition) is 2. The number of carbonyl (C=O) groups is 1. The zero-order chi connectivity index (χ0) is 15.1. The Balaban J connectivity index is 0.00000242. The van der Waals surface area contributed by atoms with E-state index in [0.29, 0.717) is 12.1 Å². The zero-order valence-corrected chi connectivity index (χ0v) is 13.5. The third-order valence-corrected chi connectivity index (χ3v) is 3.54. The lowest BCUT2D eigenvalue weighted by molar-refractivity contribution is -0.120. The molecule has 1 fully saturated rings. The van der Waals surface area contributed by atoms with Crippen molar-refractivity contribution in [1.29, 1.82) is 0 Å². The van der Waals surface area contributed by atoms with Crippen molar-refractivity contribution < 1.29 is 13.9 Å². The zero-order valence-electron chi connectivity index (χ0n) is 12.7. The maximum absolute atomic E-state index is 13.5. The molecule has 22 heavy (non-hydrogen) atoms. The molecule has 0 radical (unpaired) electrons. The molecule has 0 aliphatic carbocycles. The van der Waals surface area contributed by atoms with Crippen LogP contribution in [-0.4, -0.2) is 57.2 Å². The van der Waals surface area contributed by atoms with Crippen molar-refractivity contribution in [2.24, 2.45) is 0 Å². The highest BCUT2D eigenvalue weighted by molar-refractivity contribution is 5.85. The second-order valence-corrected chi connectivity index (χ2v) is 5.09. The van der Waals surface area contributed by atoms with Gasteiger partial charge in [0, 0.05) is 39.3 Å². The second kappa shape index (κ2) is 9.61. The molecule has 0 spiro atoms. The van der Waals surface area contributed by atoms with Crippen molar-refractivity contribution in [2.45, 2.75) is 6.42 Å². The quantitative estimate of drug-likeness (QED) is 0.810. The lowest BCUT2D eigenvalue weighted by atomic mass is 10.1. The molecule has 1 aliphatic heterocycles. The number of methoxy groups -OCH3 is 1. The first-order valence-electron chi connectivity index (χ1n) is 7.21. The van der Waals surface area contributed by atoms with E-state index in [-0.39, 0.29) is 30.5 Å². The molecule has 1 aliphatic rings. The van der Waals surface area contributed by atoms with Crippen LogP contribution in [0.25, 0.3) is 0 Å². The summed E-state index contributed by atoms with van der Waals surface area (Å²) in [5.74, 6) is -0.337. The van der Waals surface area contributed by atoms with Gasteiger partial charge in [0.1, 0.15) is 0 Å². The summed E-state index contributed by atoms with van der Waals surface area (Å²) in [6, 6.07) is 4.59. The van der Waals surface area contributed by atoms with Crippen LogP contribution in [0, 0.1) is 5.82 Å². The van der Waals surface area contributed by atoms with Crippen LogP contribution < -0.4 is 15.4 Å². The Labute approximate surface area is 136 Å². The molecule has 1 heterocycles. The van der Waals surface area contributed by atoms with Gasteiger partial charge in [-0.25, -0.2) is 4.39 Å². The third-order valence-electron chi connectivity index (χ3n) is 3.54. The smallest absolute Gasteiger partial charge is 0.224 e. The van der Waals surface area contributed by atoms with Crippen LogP contribution in [0.1, 0.15) is 5.56 Å². The summed E-state index contributed by atoms with van der Waals surface area (Å²) in [6.07, 6.45) is 0.183.